The van der Waals surface area contributed by atoms with E-state index in [1.54, 1.807) is 19.2 Å². The molecule has 4 rings (SSSR count). The van der Waals surface area contributed by atoms with Gasteiger partial charge in [0.1, 0.15) is 11.7 Å². The van der Waals surface area contributed by atoms with E-state index in [1.165, 1.54) is 55.4 Å². The molecule has 0 saturated carbocycles. The van der Waals surface area contributed by atoms with Gasteiger partial charge >= 0.3 is 6.03 Å². The van der Waals surface area contributed by atoms with Crippen LogP contribution in [0.25, 0.3) is 0 Å². The largest absolute Gasteiger partial charge is 0.493 e. The third-order valence-corrected chi connectivity index (χ3v) is 5.65. The van der Waals surface area contributed by atoms with Crippen molar-refractivity contribution in [2.75, 3.05) is 33.3 Å². The number of hydrogen-bond donors (Lipinski definition) is 0. The third-order valence-electron chi connectivity index (χ3n) is 5.65. The fourth-order valence-electron chi connectivity index (χ4n) is 4.17. The van der Waals surface area contributed by atoms with E-state index >= 15 is 0 Å². The number of carbonyl (C=O) groups is 2. The van der Waals surface area contributed by atoms with E-state index in [0.717, 1.165) is 5.56 Å². The standard InChI is InChI=1S/C22H22FN3O5/c1-25-19-15(12-9-16(29-2)20(31-4)17(10-12)30-3)11-18(27)26(21(19)24-22(25)28)14-7-5-13(23)6-8-14/h5-10,15,19H,11H2,1-4H3/t15-,19+/m0/s1. The molecule has 1 saturated heterocycles. The SMILES string of the molecule is COc1cc([C@@H]2CC(=O)N(c3ccc(F)cc3)C3=NC(=O)N(C)[C@@H]32)cc(OC)c1OC. The van der Waals surface area contributed by atoms with Gasteiger partial charge in [-0.15, -0.1) is 0 Å². The van der Waals surface area contributed by atoms with Crippen molar-refractivity contribution in [2.24, 2.45) is 4.99 Å². The molecule has 0 aliphatic carbocycles. The molecule has 2 atom stereocenters. The second-order valence-electron chi connectivity index (χ2n) is 7.28. The first kappa shape index (κ1) is 20.6. The molecular formula is C22H22FN3O5. The lowest BCUT2D eigenvalue weighted by atomic mass is 9.83. The predicted molar refractivity (Wildman–Crippen MR) is 112 cm³/mol. The summed E-state index contributed by atoms with van der Waals surface area (Å²) in [7, 11) is 6.19. The van der Waals surface area contributed by atoms with Crippen LogP contribution >= 0.6 is 0 Å². The molecule has 0 aromatic heterocycles. The van der Waals surface area contributed by atoms with Crippen LogP contribution in [0.5, 0.6) is 17.2 Å². The highest BCUT2D eigenvalue weighted by atomic mass is 19.1. The number of ether oxygens (including phenoxy) is 3. The third kappa shape index (κ3) is 3.35. The summed E-state index contributed by atoms with van der Waals surface area (Å²) in [6, 6.07) is 8.15. The van der Waals surface area contributed by atoms with Crippen molar-refractivity contribution in [3.05, 3.63) is 47.8 Å². The van der Waals surface area contributed by atoms with E-state index in [1.807, 2.05) is 0 Å². The van der Waals surface area contributed by atoms with Gasteiger partial charge in [0.15, 0.2) is 11.5 Å². The molecule has 2 aromatic rings. The molecule has 2 aromatic carbocycles. The molecular weight excluding hydrogens is 405 g/mol. The van der Waals surface area contributed by atoms with Crippen LogP contribution in [-0.2, 0) is 4.79 Å². The number of halogens is 1. The molecule has 0 N–H and O–H groups in total. The summed E-state index contributed by atoms with van der Waals surface area (Å²) in [4.78, 5) is 32.7. The highest BCUT2D eigenvalue weighted by Crippen LogP contribution is 2.44. The van der Waals surface area contributed by atoms with Gasteiger partial charge in [-0.2, -0.15) is 4.99 Å². The molecule has 31 heavy (non-hydrogen) atoms. The van der Waals surface area contributed by atoms with E-state index in [0.29, 0.717) is 28.8 Å². The maximum atomic E-state index is 13.4. The first-order chi connectivity index (χ1) is 14.9. The molecule has 2 aliphatic heterocycles. The Labute approximate surface area is 178 Å². The Bertz CT molecular complexity index is 1040. The topological polar surface area (TPSA) is 80.7 Å². The van der Waals surface area contributed by atoms with Crippen LogP contribution in [0, 0.1) is 5.82 Å². The number of aliphatic imine (C=N–C) groups is 1. The minimum Gasteiger partial charge on any atom is -0.493 e. The van der Waals surface area contributed by atoms with Crippen molar-refractivity contribution >= 4 is 23.5 Å². The van der Waals surface area contributed by atoms with E-state index in [2.05, 4.69) is 4.99 Å². The zero-order valence-electron chi connectivity index (χ0n) is 17.6. The molecule has 162 valence electrons. The Morgan fingerprint density at radius 2 is 1.61 bits per heavy atom. The van der Waals surface area contributed by atoms with Gasteiger partial charge < -0.3 is 19.1 Å². The Kier molecular flexibility index (Phi) is 5.26. The second kappa shape index (κ2) is 7.90. The first-order valence-electron chi connectivity index (χ1n) is 9.63. The van der Waals surface area contributed by atoms with Crippen molar-refractivity contribution in [1.82, 2.24) is 4.90 Å². The number of hydrogen-bond acceptors (Lipinski definition) is 5. The number of anilines is 1. The number of likely N-dealkylation sites (N-methyl/N-ethyl adjacent to an activating group) is 1. The van der Waals surface area contributed by atoms with Gasteiger partial charge in [-0.25, -0.2) is 9.18 Å². The lowest BCUT2D eigenvalue weighted by Crippen LogP contribution is -2.54. The summed E-state index contributed by atoms with van der Waals surface area (Å²) in [6.07, 6.45) is 0.108. The number of amidine groups is 1. The average Bonchev–Trinajstić information content (AvgIpc) is 3.07. The summed E-state index contributed by atoms with van der Waals surface area (Å²) >= 11 is 0. The molecule has 1 fully saturated rings. The minimum absolute atomic E-state index is 0.108. The van der Waals surface area contributed by atoms with Crippen LogP contribution in [0.2, 0.25) is 0 Å². The Morgan fingerprint density at radius 1 is 1.00 bits per heavy atom. The van der Waals surface area contributed by atoms with Gasteiger partial charge in [0, 0.05) is 19.4 Å². The first-order valence-corrected chi connectivity index (χ1v) is 9.63. The Morgan fingerprint density at radius 3 is 2.16 bits per heavy atom. The quantitative estimate of drug-likeness (QED) is 0.732. The van der Waals surface area contributed by atoms with Crippen LogP contribution in [0.1, 0.15) is 17.9 Å². The number of piperidine rings is 1. The van der Waals surface area contributed by atoms with Crippen molar-refractivity contribution in [2.45, 2.75) is 18.4 Å². The zero-order chi connectivity index (χ0) is 22.3. The number of benzene rings is 2. The summed E-state index contributed by atoms with van der Waals surface area (Å²) in [5.74, 6) is 0.618. The summed E-state index contributed by atoms with van der Waals surface area (Å²) in [6.45, 7) is 0. The van der Waals surface area contributed by atoms with Crippen LogP contribution in [0.15, 0.2) is 41.4 Å². The van der Waals surface area contributed by atoms with E-state index < -0.39 is 17.9 Å². The molecule has 0 unspecified atom stereocenters. The fraction of sp³-hybridized carbons (Fsp3) is 0.318. The smallest absolute Gasteiger partial charge is 0.345 e. The average molecular weight is 427 g/mol. The van der Waals surface area contributed by atoms with Gasteiger partial charge in [0.05, 0.1) is 33.1 Å². The lowest BCUT2D eigenvalue weighted by molar-refractivity contribution is -0.118. The second-order valence-corrected chi connectivity index (χ2v) is 7.28. The summed E-state index contributed by atoms with van der Waals surface area (Å²) in [5, 5.41) is 0. The van der Waals surface area contributed by atoms with Crippen molar-refractivity contribution < 1.29 is 28.2 Å². The highest BCUT2D eigenvalue weighted by Gasteiger charge is 2.48. The number of amides is 3. The highest BCUT2D eigenvalue weighted by molar-refractivity contribution is 6.25. The van der Waals surface area contributed by atoms with Gasteiger partial charge in [0.2, 0.25) is 11.7 Å². The van der Waals surface area contributed by atoms with Crippen molar-refractivity contribution in [3.63, 3.8) is 0 Å². The number of carbonyl (C=O) groups excluding carboxylic acids is 2. The summed E-state index contributed by atoms with van der Waals surface area (Å²) < 4.78 is 29.7. The van der Waals surface area contributed by atoms with Gasteiger partial charge in [-0.3, -0.25) is 9.69 Å². The number of fused-ring (bicyclic) bond motifs is 1. The molecule has 2 aliphatic rings. The zero-order valence-corrected chi connectivity index (χ0v) is 17.6. The number of methoxy groups -OCH3 is 3. The molecule has 8 nitrogen and oxygen atoms in total. The number of nitrogens with zero attached hydrogens (tertiary/aromatic N) is 3. The van der Waals surface area contributed by atoms with Crippen LogP contribution in [0.4, 0.5) is 14.9 Å². The molecule has 0 spiro atoms. The Balaban J connectivity index is 1.80. The normalized spacial score (nSPS) is 20.5. The van der Waals surface area contributed by atoms with Crippen molar-refractivity contribution in [1.29, 1.82) is 0 Å². The Hall–Kier alpha value is -3.62. The van der Waals surface area contributed by atoms with E-state index in [-0.39, 0.29) is 18.2 Å². The van der Waals surface area contributed by atoms with Crippen LogP contribution < -0.4 is 19.1 Å². The molecule has 0 radical (unpaired) electrons. The van der Waals surface area contributed by atoms with Crippen LogP contribution in [-0.4, -0.2) is 57.1 Å². The summed E-state index contributed by atoms with van der Waals surface area (Å²) in [5.41, 5.74) is 1.21. The maximum absolute atomic E-state index is 13.4. The monoisotopic (exact) mass is 427 g/mol. The molecule has 3 amide bonds. The maximum Gasteiger partial charge on any atom is 0.345 e. The van der Waals surface area contributed by atoms with Gasteiger partial charge in [-0.05, 0) is 42.0 Å². The van der Waals surface area contributed by atoms with Gasteiger partial charge in [-0.1, -0.05) is 0 Å². The van der Waals surface area contributed by atoms with Crippen LogP contribution in [0.3, 0.4) is 0 Å². The number of rotatable bonds is 5. The number of urea groups is 1. The predicted octanol–water partition coefficient (Wildman–Crippen LogP) is 3.20. The lowest BCUT2D eigenvalue weighted by Gasteiger charge is -2.39. The van der Waals surface area contributed by atoms with E-state index in [9.17, 15) is 14.0 Å². The van der Waals surface area contributed by atoms with E-state index in [4.69, 9.17) is 14.2 Å². The van der Waals surface area contributed by atoms with Gasteiger partial charge in [0.25, 0.3) is 0 Å². The molecule has 0 bridgehead atoms. The molecule has 9 heteroatoms. The fourth-order valence-corrected chi connectivity index (χ4v) is 4.17. The minimum atomic E-state index is -0.488. The molecule has 2 heterocycles. The van der Waals surface area contributed by atoms with Crippen molar-refractivity contribution in [3.8, 4) is 17.2 Å².